The normalized spacial score (nSPS) is 9.67. The van der Waals surface area contributed by atoms with Crippen LogP contribution >= 0.6 is 0 Å². The van der Waals surface area contributed by atoms with E-state index in [9.17, 15) is 14.7 Å². The number of phenols is 1. The van der Waals surface area contributed by atoms with Crippen molar-refractivity contribution in [2.45, 2.75) is 13.8 Å². The number of hydrogen-bond donors (Lipinski definition) is 1. The number of esters is 2. The maximum Gasteiger partial charge on any atom is 0.338 e. The molecule has 0 saturated heterocycles. The second-order valence-electron chi connectivity index (χ2n) is 3.61. The number of carbonyl (C=O) groups excluding carboxylic acids is 2. The van der Waals surface area contributed by atoms with Crippen LogP contribution in [-0.2, 0) is 9.53 Å². The second-order valence-corrected chi connectivity index (χ2v) is 3.61. The van der Waals surface area contributed by atoms with Crippen molar-refractivity contribution in [1.82, 2.24) is 0 Å². The van der Waals surface area contributed by atoms with Crippen molar-refractivity contribution in [3.05, 3.63) is 35.9 Å². The maximum absolute atomic E-state index is 11.5. The van der Waals surface area contributed by atoms with Gasteiger partial charge < -0.3 is 14.6 Å². The molecule has 18 heavy (non-hydrogen) atoms. The van der Waals surface area contributed by atoms with Crippen LogP contribution in [0.1, 0.15) is 24.2 Å². The first-order chi connectivity index (χ1) is 8.43. The summed E-state index contributed by atoms with van der Waals surface area (Å²) in [6.45, 7) is 6.82. The second kappa shape index (κ2) is 5.86. The first kappa shape index (κ1) is 13.8. The zero-order chi connectivity index (χ0) is 13.7. The number of aromatic hydroxyl groups is 1. The Labute approximate surface area is 105 Å². The van der Waals surface area contributed by atoms with E-state index in [0.29, 0.717) is 0 Å². The Bertz CT molecular complexity index is 490. The predicted octanol–water partition coefficient (Wildman–Crippen LogP) is 2.05. The fourth-order valence-electron chi connectivity index (χ4n) is 1.17. The molecule has 1 N–H and O–H groups in total. The van der Waals surface area contributed by atoms with Crippen molar-refractivity contribution in [1.29, 1.82) is 0 Å². The van der Waals surface area contributed by atoms with Gasteiger partial charge in [-0.1, -0.05) is 6.58 Å². The lowest BCUT2D eigenvalue weighted by atomic mass is 10.2. The largest absolute Gasteiger partial charge is 0.508 e. The molecule has 5 nitrogen and oxygen atoms in total. The number of benzene rings is 1. The maximum atomic E-state index is 11.5. The fourth-order valence-corrected chi connectivity index (χ4v) is 1.17. The van der Waals surface area contributed by atoms with E-state index in [0.717, 1.165) is 0 Å². The van der Waals surface area contributed by atoms with Crippen LogP contribution in [0, 0.1) is 0 Å². The smallest absolute Gasteiger partial charge is 0.338 e. The van der Waals surface area contributed by atoms with E-state index >= 15 is 0 Å². The van der Waals surface area contributed by atoms with E-state index in [2.05, 4.69) is 6.58 Å². The Kier molecular flexibility index (Phi) is 4.48. The number of hydrogen-bond acceptors (Lipinski definition) is 5. The molecule has 0 aliphatic rings. The van der Waals surface area contributed by atoms with Crippen LogP contribution in [0.25, 0.3) is 0 Å². The quantitative estimate of drug-likeness (QED) is 0.503. The van der Waals surface area contributed by atoms with Crippen molar-refractivity contribution < 1.29 is 24.2 Å². The average Bonchev–Trinajstić information content (AvgIpc) is 2.28. The molecule has 0 aromatic heterocycles. The molecule has 96 valence electrons. The first-order valence-corrected chi connectivity index (χ1v) is 5.33. The summed E-state index contributed by atoms with van der Waals surface area (Å²) in [5, 5.41) is 9.44. The van der Waals surface area contributed by atoms with Gasteiger partial charge in [-0.25, -0.2) is 9.59 Å². The van der Waals surface area contributed by atoms with E-state index in [1.807, 2.05) is 0 Å². The van der Waals surface area contributed by atoms with Gasteiger partial charge in [0, 0.05) is 11.6 Å². The summed E-state index contributed by atoms with van der Waals surface area (Å²) in [5.41, 5.74) is 0.331. The zero-order valence-corrected chi connectivity index (χ0v) is 10.2. The van der Waals surface area contributed by atoms with Crippen LogP contribution in [0.15, 0.2) is 30.4 Å². The molecular formula is C13H14O5. The molecule has 0 saturated carbocycles. The topological polar surface area (TPSA) is 72.8 Å². The summed E-state index contributed by atoms with van der Waals surface area (Å²) in [4.78, 5) is 22.8. The van der Waals surface area contributed by atoms with Crippen molar-refractivity contribution in [3.8, 4) is 11.5 Å². The van der Waals surface area contributed by atoms with Gasteiger partial charge >= 0.3 is 11.9 Å². The molecule has 1 aromatic rings. The van der Waals surface area contributed by atoms with Crippen molar-refractivity contribution >= 4 is 11.9 Å². The number of phenolic OH excluding ortho intramolecular Hbond substituents is 1. The Morgan fingerprint density at radius 1 is 1.33 bits per heavy atom. The predicted molar refractivity (Wildman–Crippen MR) is 64.5 cm³/mol. The highest BCUT2D eigenvalue weighted by atomic mass is 16.5. The third-order valence-electron chi connectivity index (χ3n) is 1.96. The van der Waals surface area contributed by atoms with Gasteiger partial charge in [-0.3, -0.25) is 0 Å². The van der Waals surface area contributed by atoms with Gasteiger partial charge in [-0.05, 0) is 26.0 Å². The SMILES string of the molecule is C=C(C)C(=O)Oc1cc(O)cc(C(=O)OCC)c1. The molecule has 0 heterocycles. The van der Waals surface area contributed by atoms with Gasteiger partial charge in [-0.15, -0.1) is 0 Å². The van der Waals surface area contributed by atoms with E-state index in [4.69, 9.17) is 9.47 Å². The zero-order valence-electron chi connectivity index (χ0n) is 10.2. The van der Waals surface area contributed by atoms with Crippen molar-refractivity contribution in [3.63, 3.8) is 0 Å². The summed E-state index contributed by atoms with van der Waals surface area (Å²) in [5.74, 6) is -1.35. The van der Waals surface area contributed by atoms with Gasteiger partial charge in [0.1, 0.15) is 11.5 Å². The van der Waals surface area contributed by atoms with Crippen LogP contribution in [0.3, 0.4) is 0 Å². The lowest BCUT2D eigenvalue weighted by Crippen LogP contribution is -2.09. The van der Waals surface area contributed by atoms with Crippen LogP contribution < -0.4 is 4.74 Å². The summed E-state index contributed by atoms with van der Waals surface area (Å²) in [6.07, 6.45) is 0. The highest BCUT2D eigenvalue weighted by Crippen LogP contribution is 2.23. The number of rotatable bonds is 4. The third kappa shape index (κ3) is 3.62. The van der Waals surface area contributed by atoms with E-state index < -0.39 is 11.9 Å². The Morgan fingerprint density at radius 3 is 2.56 bits per heavy atom. The van der Waals surface area contributed by atoms with Crippen LogP contribution in [0.5, 0.6) is 11.5 Å². The lowest BCUT2D eigenvalue weighted by Gasteiger charge is -2.07. The number of carbonyl (C=O) groups is 2. The first-order valence-electron chi connectivity index (χ1n) is 5.33. The number of ether oxygens (including phenoxy) is 2. The van der Waals surface area contributed by atoms with Gasteiger partial charge in [0.2, 0.25) is 0 Å². The molecule has 0 atom stereocenters. The minimum absolute atomic E-state index is 0.0612. The molecule has 0 bridgehead atoms. The molecule has 1 rings (SSSR count). The highest BCUT2D eigenvalue weighted by molar-refractivity contribution is 5.92. The van der Waals surface area contributed by atoms with Gasteiger partial charge in [0.15, 0.2) is 0 Å². The van der Waals surface area contributed by atoms with E-state index in [-0.39, 0.29) is 29.2 Å². The van der Waals surface area contributed by atoms with Crippen LogP contribution in [-0.4, -0.2) is 23.7 Å². The van der Waals surface area contributed by atoms with E-state index in [1.54, 1.807) is 6.92 Å². The Morgan fingerprint density at radius 2 is 2.00 bits per heavy atom. The summed E-state index contributed by atoms with van der Waals surface area (Å²) in [6, 6.07) is 3.78. The molecule has 0 radical (unpaired) electrons. The van der Waals surface area contributed by atoms with Gasteiger partial charge in [-0.2, -0.15) is 0 Å². The fraction of sp³-hybridized carbons (Fsp3) is 0.231. The minimum atomic E-state index is -0.629. The summed E-state index contributed by atoms with van der Waals surface area (Å²) in [7, 11) is 0. The lowest BCUT2D eigenvalue weighted by molar-refractivity contribution is -0.130. The van der Waals surface area contributed by atoms with Gasteiger partial charge in [0.25, 0.3) is 0 Å². The molecule has 0 spiro atoms. The highest BCUT2D eigenvalue weighted by Gasteiger charge is 2.12. The molecule has 1 aromatic carbocycles. The molecule has 0 fully saturated rings. The Hall–Kier alpha value is -2.30. The minimum Gasteiger partial charge on any atom is -0.508 e. The Balaban J connectivity index is 2.97. The average molecular weight is 250 g/mol. The van der Waals surface area contributed by atoms with Crippen molar-refractivity contribution in [2.24, 2.45) is 0 Å². The van der Waals surface area contributed by atoms with E-state index in [1.165, 1.54) is 25.1 Å². The monoisotopic (exact) mass is 250 g/mol. The standard InChI is InChI=1S/C13H14O5/c1-4-17-13(16)9-5-10(14)7-11(6-9)18-12(15)8(2)3/h5-7,14H,2,4H2,1,3H3. The summed E-state index contributed by atoms with van der Waals surface area (Å²) >= 11 is 0. The van der Waals surface area contributed by atoms with Crippen LogP contribution in [0.4, 0.5) is 0 Å². The molecule has 0 amide bonds. The third-order valence-corrected chi connectivity index (χ3v) is 1.96. The van der Waals surface area contributed by atoms with Crippen molar-refractivity contribution in [2.75, 3.05) is 6.61 Å². The summed E-state index contributed by atoms with van der Waals surface area (Å²) < 4.78 is 9.70. The molecule has 0 aliphatic carbocycles. The molecule has 0 unspecified atom stereocenters. The molecule has 0 aliphatic heterocycles. The van der Waals surface area contributed by atoms with Gasteiger partial charge in [0.05, 0.1) is 12.2 Å². The molecule has 5 heteroatoms. The van der Waals surface area contributed by atoms with Crippen LogP contribution in [0.2, 0.25) is 0 Å². The molecular weight excluding hydrogens is 236 g/mol.